The van der Waals surface area contributed by atoms with Crippen molar-refractivity contribution in [3.63, 3.8) is 0 Å². The first-order valence-corrected chi connectivity index (χ1v) is 6.44. The lowest BCUT2D eigenvalue weighted by Gasteiger charge is -2.05. The quantitative estimate of drug-likeness (QED) is 0.872. The third kappa shape index (κ3) is 3.00. The average molecular weight is 281 g/mol. The van der Waals surface area contributed by atoms with Gasteiger partial charge in [0.1, 0.15) is 11.9 Å². The van der Waals surface area contributed by atoms with Gasteiger partial charge in [-0.3, -0.25) is 0 Å². The van der Waals surface area contributed by atoms with Crippen molar-refractivity contribution in [3.8, 4) is 0 Å². The summed E-state index contributed by atoms with van der Waals surface area (Å²) < 4.78 is 0. The number of thioether (sulfide) groups is 1. The van der Waals surface area contributed by atoms with E-state index < -0.39 is 5.97 Å². The van der Waals surface area contributed by atoms with Gasteiger partial charge in [0.2, 0.25) is 0 Å². The zero-order valence-electron chi connectivity index (χ0n) is 9.21. The third-order valence-corrected chi connectivity index (χ3v) is 3.75. The van der Waals surface area contributed by atoms with E-state index in [0.29, 0.717) is 16.5 Å². The highest BCUT2D eigenvalue weighted by atomic mass is 35.5. The van der Waals surface area contributed by atoms with Crippen molar-refractivity contribution < 1.29 is 9.90 Å². The maximum absolute atomic E-state index is 11.0. The number of aromatic carboxylic acids is 1. The molecule has 18 heavy (non-hydrogen) atoms. The van der Waals surface area contributed by atoms with Crippen molar-refractivity contribution >= 4 is 29.3 Å². The van der Waals surface area contributed by atoms with Crippen LogP contribution >= 0.6 is 23.4 Å². The number of aromatic nitrogens is 2. The molecule has 1 aromatic carbocycles. The van der Waals surface area contributed by atoms with Gasteiger partial charge in [-0.25, -0.2) is 14.8 Å². The van der Waals surface area contributed by atoms with Gasteiger partial charge in [0.15, 0.2) is 0 Å². The van der Waals surface area contributed by atoms with Crippen molar-refractivity contribution in [2.75, 3.05) is 0 Å². The maximum Gasteiger partial charge on any atom is 0.339 e. The molecule has 92 valence electrons. The molecule has 0 radical (unpaired) electrons. The monoisotopic (exact) mass is 280 g/mol. The fraction of sp³-hybridized carbons (Fsp3) is 0.0833. The molecule has 0 aliphatic rings. The zero-order chi connectivity index (χ0) is 13.0. The first-order valence-electron chi connectivity index (χ1n) is 5.08. The fourth-order valence-electron chi connectivity index (χ4n) is 1.36. The van der Waals surface area contributed by atoms with Crippen LogP contribution in [0.5, 0.6) is 0 Å². The Labute approximate surface area is 113 Å². The number of hydrogen-bond acceptors (Lipinski definition) is 4. The Kier molecular flexibility index (Phi) is 4.17. The molecule has 1 heterocycles. The van der Waals surface area contributed by atoms with Crippen LogP contribution in [0.1, 0.15) is 16.1 Å². The Morgan fingerprint density at radius 3 is 2.89 bits per heavy atom. The van der Waals surface area contributed by atoms with Gasteiger partial charge in [-0.2, -0.15) is 0 Å². The van der Waals surface area contributed by atoms with Crippen LogP contribution in [0, 0.1) is 0 Å². The van der Waals surface area contributed by atoms with Crippen molar-refractivity contribution in [3.05, 3.63) is 53.1 Å². The molecule has 0 amide bonds. The van der Waals surface area contributed by atoms with Crippen molar-refractivity contribution in [1.82, 2.24) is 9.97 Å². The summed E-state index contributed by atoms with van der Waals surface area (Å²) in [6.07, 6.45) is 2.65. The molecule has 0 atom stereocenters. The molecule has 0 fully saturated rings. The number of nitrogens with zero attached hydrogens (tertiary/aromatic N) is 2. The minimum Gasteiger partial charge on any atom is -0.478 e. The first-order chi connectivity index (χ1) is 8.68. The van der Waals surface area contributed by atoms with Gasteiger partial charge in [-0.1, -0.05) is 23.7 Å². The summed E-state index contributed by atoms with van der Waals surface area (Å²) in [6, 6.07) is 7.41. The molecule has 0 saturated carbocycles. The number of rotatable bonds is 4. The average Bonchev–Trinajstić information content (AvgIpc) is 2.38. The van der Waals surface area contributed by atoms with E-state index in [1.165, 1.54) is 24.3 Å². The molecule has 4 nitrogen and oxygen atoms in total. The Morgan fingerprint density at radius 1 is 1.39 bits per heavy atom. The summed E-state index contributed by atoms with van der Waals surface area (Å²) in [5.41, 5.74) is 0.611. The molecule has 0 bridgehead atoms. The second kappa shape index (κ2) is 5.84. The summed E-state index contributed by atoms with van der Waals surface area (Å²) >= 11 is 7.47. The Morgan fingerprint density at radius 2 is 2.17 bits per heavy atom. The molecule has 0 spiro atoms. The predicted octanol–water partition coefficient (Wildman–Crippen LogP) is 3.12. The summed E-state index contributed by atoms with van der Waals surface area (Å²) in [5, 5.41) is 9.65. The minimum atomic E-state index is -1.02. The molecule has 1 N–H and O–H groups in total. The zero-order valence-corrected chi connectivity index (χ0v) is 10.8. The number of halogens is 1. The van der Waals surface area contributed by atoms with Gasteiger partial charge in [-0.15, -0.1) is 11.8 Å². The second-order valence-electron chi connectivity index (χ2n) is 3.41. The highest BCUT2D eigenvalue weighted by Crippen LogP contribution is 2.29. The molecule has 1 aromatic heterocycles. The van der Waals surface area contributed by atoms with Crippen LogP contribution in [0.25, 0.3) is 0 Å². The molecular weight excluding hydrogens is 272 g/mol. The van der Waals surface area contributed by atoms with Gasteiger partial charge < -0.3 is 5.11 Å². The highest BCUT2D eigenvalue weighted by molar-refractivity contribution is 7.98. The lowest BCUT2D eigenvalue weighted by atomic mass is 10.2. The summed E-state index contributed by atoms with van der Waals surface area (Å²) in [5.74, 6) is -0.584. The van der Waals surface area contributed by atoms with Crippen LogP contribution in [-0.4, -0.2) is 21.0 Å². The Balaban J connectivity index is 2.16. The molecule has 0 aliphatic heterocycles. The number of carboxylic acid groups (broad SMARTS) is 1. The lowest BCUT2D eigenvalue weighted by molar-refractivity contribution is 0.0695. The fourth-order valence-corrected chi connectivity index (χ4v) is 2.56. The van der Waals surface area contributed by atoms with Gasteiger partial charge in [0.05, 0.1) is 10.7 Å². The number of carbonyl (C=O) groups is 1. The topological polar surface area (TPSA) is 63.1 Å². The molecule has 2 rings (SSSR count). The van der Waals surface area contributed by atoms with Gasteiger partial charge >= 0.3 is 5.97 Å². The molecule has 2 aromatic rings. The largest absolute Gasteiger partial charge is 0.478 e. The van der Waals surface area contributed by atoms with Crippen LogP contribution in [0.3, 0.4) is 0 Å². The van der Waals surface area contributed by atoms with Crippen molar-refractivity contribution in [2.45, 2.75) is 10.6 Å². The van der Waals surface area contributed by atoms with E-state index in [-0.39, 0.29) is 5.56 Å². The minimum absolute atomic E-state index is 0.122. The van der Waals surface area contributed by atoms with E-state index in [9.17, 15) is 4.79 Å². The standard InChI is InChI=1S/C12H9ClN2O2S/c13-9-3-1-2-4-11(9)18-6-10-8(12(16)17)5-14-7-15-10/h1-5,7H,6H2,(H,16,17). The van der Waals surface area contributed by atoms with Crippen molar-refractivity contribution in [1.29, 1.82) is 0 Å². The molecule has 0 aliphatic carbocycles. The predicted molar refractivity (Wildman–Crippen MR) is 70.0 cm³/mol. The SMILES string of the molecule is O=C(O)c1cncnc1CSc1ccccc1Cl. The van der Waals surface area contributed by atoms with E-state index in [1.807, 2.05) is 18.2 Å². The van der Waals surface area contributed by atoms with E-state index in [0.717, 1.165) is 4.90 Å². The van der Waals surface area contributed by atoms with E-state index in [4.69, 9.17) is 16.7 Å². The van der Waals surface area contributed by atoms with E-state index >= 15 is 0 Å². The van der Waals surface area contributed by atoms with Crippen LogP contribution < -0.4 is 0 Å². The van der Waals surface area contributed by atoms with Crippen molar-refractivity contribution in [2.24, 2.45) is 0 Å². The van der Waals surface area contributed by atoms with E-state index in [1.54, 1.807) is 6.07 Å². The first kappa shape index (κ1) is 12.9. The number of benzene rings is 1. The smallest absolute Gasteiger partial charge is 0.339 e. The third-order valence-electron chi connectivity index (χ3n) is 2.23. The van der Waals surface area contributed by atoms with E-state index in [2.05, 4.69) is 9.97 Å². The lowest BCUT2D eigenvalue weighted by Crippen LogP contribution is -2.04. The van der Waals surface area contributed by atoms with Gasteiger partial charge in [0.25, 0.3) is 0 Å². The molecule has 0 saturated heterocycles. The maximum atomic E-state index is 11.0. The van der Waals surface area contributed by atoms with Gasteiger partial charge in [0, 0.05) is 16.8 Å². The summed E-state index contributed by atoms with van der Waals surface area (Å²) in [7, 11) is 0. The Bertz CT molecular complexity index is 578. The normalized spacial score (nSPS) is 10.3. The second-order valence-corrected chi connectivity index (χ2v) is 4.83. The molecule has 0 unspecified atom stereocenters. The number of hydrogen-bond donors (Lipinski definition) is 1. The van der Waals surface area contributed by atoms with Crippen LogP contribution in [-0.2, 0) is 5.75 Å². The van der Waals surface area contributed by atoms with Crippen LogP contribution in [0.4, 0.5) is 0 Å². The van der Waals surface area contributed by atoms with Crippen LogP contribution in [0.15, 0.2) is 41.7 Å². The molecular formula is C12H9ClN2O2S. The summed E-state index contributed by atoms with van der Waals surface area (Å²) in [4.78, 5) is 19.6. The highest BCUT2D eigenvalue weighted by Gasteiger charge is 2.12. The summed E-state index contributed by atoms with van der Waals surface area (Å²) in [6.45, 7) is 0. The van der Waals surface area contributed by atoms with Gasteiger partial charge in [-0.05, 0) is 12.1 Å². The Hall–Kier alpha value is -1.59. The van der Waals surface area contributed by atoms with Crippen LogP contribution in [0.2, 0.25) is 5.02 Å². The number of carboxylic acids is 1. The molecule has 6 heteroatoms.